The molecule has 0 amide bonds. The first-order valence-corrected chi connectivity index (χ1v) is 9.92. The third kappa shape index (κ3) is 3.27. The summed E-state index contributed by atoms with van der Waals surface area (Å²) in [6, 6.07) is 11.1. The number of nitriles is 1. The lowest BCUT2D eigenvalue weighted by Gasteiger charge is -2.20. The summed E-state index contributed by atoms with van der Waals surface area (Å²) in [7, 11) is 1.70. The van der Waals surface area contributed by atoms with E-state index in [0.717, 1.165) is 16.3 Å². The van der Waals surface area contributed by atoms with Gasteiger partial charge >= 0.3 is 0 Å². The quantitative estimate of drug-likeness (QED) is 0.360. The van der Waals surface area contributed by atoms with Crippen molar-refractivity contribution >= 4 is 21.9 Å². The molecule has 0 bridgehead atoms. The number of rotatable bonds is 2. The zero-order chi connectivity index (χ0) is 27.0. The van der Waals surface area contributed by atoms with Crippen molar-refractivity contribution in [1.82, 2.24) is 0 Å². The van der Waals surface area contributed by atoms with Gasteiger partial charge in [-0.2, -0.15) is 9.83 Å². The SMILES string of the molecule is [2H]c1c(C([2H])([2H])C(C)(C)C)c(C([2H])([2H])[2H])c(C)[n+](C)c1-c1cc2oc3c(C#N)cccc3c2cc1C. The number of para-hydroxylation sites is 1. The summed E-state index contributed by atoms with van der Waals surface area (Å²) in [5.41, 5.74) is 2.48. The molecule has 4 rings (SSSR count). The largest absolute Gasteiger partial charge is 0.455 e. The lowest BCUT2D eigenvalue weighted by atomic mass is 9.85. The second-order valence-electron chi connectivity index (χ2n) is 8.80. The Balaban J connectivity index is 2.15. The molecule has 0 spiro atoms. The molecule has 3 nitrogen and oxygen atoms in total. The van der Waals surface area contributed by atoms with Gasteiger partial charge in [0.15, 0.2) is 11.3 Å². The van der Waals surface area contributed by atoms with Crippen LogP contribution in [-0.4, -0.2) is 0 Å². The molecule has 2 aromatic heterocycles. The third-order valence-corrected chi connectivity index (χ3v) is 5.41. The van der Waals surface area contributed by atoms with Crippen molar-refractivity contribution in [2.75, 3.05) is 0 Å². The Bertz CT molecular complexity index is 1580. The summed E-state index contributed by atoms with van der Waals surface area (Å²) in [5.74, 6) is 0. The van der Waals surface area contributed by atoms with Gasteiger partial charge < -0.3 is 4.42 Å². The number of furan rings is 1. The number of hydrogen-bond donors (Lipinski definition) is 0. The maximum Gasteiger partial charge on any atom is 0.213 e. The molecule has 0 radical (unpaired) electrons. The van der Waals surface area contributed by atoms with E-state index in [2.05, 4.69) is 6.07 Å². The minimum atomic E-state index is -2.60. The zero-order valence-electron chi connectivity index (χ0n) is 24.2. The van der Waals surface area contributed by atoms with Gasteiger partial charge in [0.1, 0.15) is 18.7 Å². The van der Waals surface area contributed by atoms with Crippen LogP contribution >= 0.6 is 0 Å². The van der Waals surface area contributed by atoms with Crippen LogP contribution in [0.4, 0.5) is 0 Å². The number of pyridine rings is 1. The average molecular weight is 404 g/mol. The normalized spacial score (nSPS) is 15.8. The molecule has 2 aromatic carbocycles. The van der Waals surface area contributed by atoms with E-state index in [1.807, 2.05) is 19.1 Å². The van der Waals surface area contributed by atoms with Crippen LogP contribution in [0, 0.1) is 37.4 Å². The molecule has 0 aliphatic heterocycles. The number of hydrogen-bond acceptors (Lipinski definition) is 2. The smallest absolute Gasteiger partial charge is 0.213 e. The van der Waals surface area contributed by atoms with E-state index in [-0.39, 0.29) is 17.2 Å². The Hall–Kier alpha value is -3.12. The summed E-state index contributed by atoms with van der Waals surface area (Å²) >= 11 is 0. The molecule has 30 heavy (non-hydrogen) atoms. The fraction of sp³-hybridized carbons (Fsp3) is 0.333. The molecule has 0 atom stereocenters. The molecular formula is C27H29N2O+. The summed E-state index contributed by atoms with van der Waals surface area (Å²) < 4.78 is 59.4. The van der Waals surface area contributed by atoms with E-state index in [1.165, 1.54) is 0 Å². The summed E-state index contributed by atoms with van der Waals surface area (Å²) in [6.45, 7) is 6.06. The van der Waals surface area contributed by atoms with E-state index in [0.29, 0.717) is 33.7 Å². The Morgan fingerprint density at radius 1 is 1.23 bits per heavy atom. The Morgan fingerprint density at radius 2 is 2.00 bits per heavy atom. The zero-order valence-corrected chi connectivity index (χ0v) is 18.2. The van der Waals surface area contributed by atoms with Crippen LogP contribution in [0.5, 0.6) is 0 Å². The van der Waals surface area contributed by atoms with Crippen LogP contribution in [0.3, 0.4) is 0 Å². The second kappa shape index (κ2) is 6.99. The molecule has 0 aliphatic rings. The highest BCUT2D eigenvalue weighted by Crippen LogP contribution is 2.36. The van der Waals surface area contributed by atoms with Crippen molar-refractivity contribution < 1.29 is 17.2 Å². The Kier molecular flexibility index (Phi) is 3.26. The maximum atomic E-state index is 9.50. The standard InChI is InChI=1S/C27H29N2O/c1-16-11-23-21-10-8-9-19(15-28)26(21)30-25(23)13-22(16)24-12-20(14-27(4,5)6)17(2)18(3)29(24)7/h8-13H,14H2,1-7H3/q+1/i2D3,12D,14D2. The topological polar surface area (TPSA) is 40.8 Å². The van der Waals surface area contributed by atoms with E-state index in [9.17, 15) is 5.26 Å². The lowest BCUT2D eigenvalue weighted by Crippen LogP contribution is -2.36. The average Bonchev–Trinajstić information content (AvgIpc) is 3.12. The minimum Gasteiger partial charge on any atom is -0.455 e. The van der Waals surface area contributed by atoms with Crippen LogP contribution in [0.25, 0.3) is 33.2 Å². The molecule has 0 saturated carbocycles. The number of aryl methyl sites for hydroxylation is 1. The maximum absolute atomic E-state index is 9.50. The van der Waals surface area contributed by atoms with E-state index < -0.39 is 18.6 Å². The molecule has 2 heterocycles. The minimum absolute atomic E-state index is 0.114. The summed E-state index contributed by atoms with van der Waals surface area (Å²) in [4.78, 5) is 0. The fourth-order valence-corrected chi connectivity index (χ4v) is 3.79. The Labute approximate surface area is 187 Å². The predicted molar refractivity (Wildman–Crippen MR) is 122 cm³/mol. The molecule has 0 unspecified atom stereocenters. The number of benzene rings is 2. The molecule has 152 valence electrons. The number of nitrogens with zero attached hydrogens (tertiary/aromatic N) is 2. The molecule has 3 heteroatoms. The van der Waals surface area contributed by atoms with Gasteiger partial charge in [-0.05, 0) is 54.9 Å². The second-order valence-corrected chi connectivity index (χ2v) is 8.80. The van der Waals surface area contributed by atoms with E-state index in [1.54, 1.807) is 57.5 Å². The monoisotopic (exact) mass is 403 g/mol. The van der Waals surface area contributed by atoms with Gasteiger partial charge in [-0.1, -0.05) is 32.9 Å². The van der Waals surface area contributed by atoms with Crippen molar-refractivity contribution in [3.05, 3.63) is 64.3 Å². The third-order valence-electron chi connectivity index (χ3n) is 5.41. The van der Waals surface area contributed by atoms with E-state index in [4.69, 9.17) is 12.6 Å². The molecule has 0 aliphatic carbocycles. The summed E-state index contributed by atoms with van der Waals surface area (Å²) in [6.07, 6.45) is -2.10. The highest BCUT2D eigenvalue weighted by molar-refractivity contribution is 6.07. The van der Waals surface area contributed by atoms with Crippen molar-refractivity contribution in [2.24, 2.45) is 12.5 Å². The number of fused-ring (bicyclic) bond motifs is 3. The van der Waals surface area contributed by atoms with Crippen molar-refractivity contribution in [1.29, 1.82) is 5.26 Å². The molecule has 4 aromatic rings. The Morgan fingerprint density at radius 3 is 2.67 bits per heavy atom. The van der Waals surface area contributed by atoms with E-state index >= 15 is 0 Å². The van der Waals surface area contributed by atoms with Gasteiger partial charge in [0, 0.05) is 36.2 Å². The van der Waals surface area contributed by atoms with Crippen LogP contribution in [0.1, 0.15) is 56.9 Å². The van der Waals surface area contributed by atoms with Crippen LogP contribution < -0.4 is 4.57 Å². The van der Waals surface area contributed by atoms with Crippen molar-refractivity contribution in [3.63, 3.8) is 0 Å². The lowest BCUT2D eigenvalue weighted by molar-refractivity contribution is -0.667. The first-order valence-electron chi connectivity index (χ1n) is 12.9. The van der Waals surface area contributed by atoms with Crippen LogP contribution in [0.2, 0.25) is 0 Å². The van der Waals surface area contributed by atoms with Gasteiger partial charge in [0.25, 0.3) is 0 Å². The molecule has 0 N–H and O–H groups in total. The van der Waals surface area contributed by atoms with Gasteiger partial charge in [-0.25, -0.2) is 0 Å². The molecule has 0 saturated heterocycles. The van der Waals surface area contributed by atoms with Crippen LogP contribution in [-0.2, 0) is 13.4 Å². The highest BCUT2D eigenvalue weighted by atomic mass is 16.3. The van der Waals surface area contributed by atoms with Gasteiger partial charge in [0.05, 0.1) is 12.5 Å². The molecule has 0 fully saturated rings. The fourth-order valence-electron chi connectivity index (χ4n) is 3.79. The predicted octanol–water partition coefficient (Wildman–Crippen LogP) is 6.46. The number of aromatic nitrogens is 1. The van der Waals surface area contributed by atoms with Gasteiger partial charge in [-0.3, -0.25) is 0 Å². The molecular weight excluding hydrogens is 368 g/mol. The first kappa shape index (κ1) is 14.0. The first-order chi connectivity index (χ1) is 16.5. The summed E-state index contributed by atoms with van der Waals surface area (Å²) in [5, 5.41) is 11.1. The van der Waals surface area contributed by atoms with Gasteiger partial charge in [-0.15, -0.1) is 0 Å². The van der Waals surface area contributed by atoms with Crippen molar-refractivity contribution in [2.45, 2.75) is 47.8 Å². The van der Waals surface area contributed by atoms with Gasteiger partial charge in [0.2, 0.25) is 5.69 Å². The van der Waals surface area contributed by atoms with Crippen LogP contribution in [0.15, 0.2) is 40.8 Å². The highest BCUT2D eigenvalue weighted by Gasteiger charge is 2.24. The van der Waals surface area contributed by atoms with Crippen molar-refractivity contribution in [3.8, 4) is 17.3 Å².